The van der Waals surface area contributed by atoms with Crippen molar-refractivity contribution in [1.29, 1.82) is 0 Å². The molecule has 0 saturated carbocycles. The summed E-state index contributed by atoms with van der Waals surface area (Å²) < 4.78 is 5.33. The van der Waals surface area contributed by atoms with Gasteiger partial charge in [0, 0.05) is 31.8 Å². The Morgan fingerprint density at radius 3 is 3.22 bits per heavy atom. The van der Waals surface area contributed by atoms with Crippen LogP contribution >= 0.6 is 0 Å². The molecule has 0 aromatic carbocycles. The van der Waals surface area contributed by atoms with Crippen LogP contribution in [0.25, 0.3) is 0 Å². The maximum atomic E-state index is 10.7. The number of rotatable bonds is 5. The second-order valence-corrected chi connectivity index (χ2v) is 4.33. The first-order chi connectivity index (χ1) is 8.69. The molecule has 18 heavy (non-hydrogen) atoms. The van der Waals surface area contributed by atoms with Crippen LogP contribution in [0.4, 0.5) is 5.95 Å². The Balaban J connectivity index is 2.00. The molecule has 1 N–H and O–H groups in total. The molecule has 1 aromatic rings. The third-order valence-corrected chi connectivity index (χ3v) is 2.94. The van der Waals surface area contributed by atoms with Crippen molar-refractivity contribution >= 4 is 11.9 Å². The molecule has 1 saturated heterocycles. The molecule has 0 bridgehead atoms. The van der Waals surface area contributed by atoms with Gasteiger partial charge in [0.15, 0.2) is 0 Å². The average molecular weight is 251 g/mol. The maximum Gasteiger partial charge on any atom is 0.303 e. The number of carbonyl (C=O) groups is 1. The molecule has 1 aliphatic heterocycles. The van der Waals surface area contributed by atoms with E-state index in [2.05, 4.69) is 9.97 Å². The van der Waals surface area contributed by atoms with Crippen molar-refractivity contribution in [3.8, 4) is 5.88 Å². The van der Waals surface area contributed by atoms with Crippen LogP contribution in [0.1, 0.15) is 19.8 Å². The lowest BCUT2D eigenvalue weighted by Gasteiger charge is -2.16. The van der Waals surface area contributed by atoms with Crippen LogP contribution < -0.4 is 9.64 Å². The lowest BCUT2D eigenvalue weighted by molar-refractivity contribution is -0.137. The van der Waals surface area contributed by atoms with Gasteiger partial charge in [-0.3, -0.25) is 4.79 Å². The number of aliphatic carboxylic acids is 1. The van der Waals surface area contributed by atoms with Crippen molar-refractivity contribution in [1.82, 2.24) is 9.97 Å². The summed E-state index contributed by atoms with van der Waals surface area (Å²) in [5.74, 6) is 0.616. The van der Waals surface area contributed by atoms with Gasteiger partial charge in [0.2, 0.25) is 11.8 Å². The highest BCUT2D eigenvalue weighted by molar-refractivity contribution is 5.67. The lowest BCUT2D eigenvalue weighted by atomic mass is 10.1. The van der Waals surface area contributed by atoms with Gasteiger partial charge in [-0.05, 0) is 19.3 Å². The first kappa shape index (κ1) is 12.6. The van der Waals surface area contributed by atoms with Gasteiger partial charge in [-0.1, -0.05) is 0 Å². The third-order valence-electron chi connectivity index (χ3n) is 2.94. The van der Waals surface area contributed by atoms with E-state index in [1.165, 1.54) is 0 Å². The van der Waals surface area contributed by atoms with Gasteiger partial charge in [-0.15, -0.1) is 0 Å². The van der Waals surface area contributed by atoms with Gasteiger partial charge >= 0.3 is 5.97 Å². The molecule has 0 radical (unpaired) electrons. The standard InChI is InChI=1S/C12H17N3O3/c1-2-18-10-3-5-13-12(14-10)15-6-4-9(8-15)7-11(16)17/h3,5,9H,2,4,6-8H2,1H3,(H,16,17). The average Bonchev–Trinajstić information content (AvgIpc) is 2.77. The summed E-state index contributed by atoms with van der Waals surface area (Å²) in [7, 11) is 0. The maximum absolute atomic E-state index is 10.7. The van der Waals surface area contributed by atoms with Crippen molar-refractivity contribution in [2.45, 2.75) is 19.8 Å². The minimum absolute atomic E-state index is 0.182. The highest BCUT2D eigenvalue weighted by Crippen LogP contribution is 2.24. The smallest absolute Gasteiger partial charge is 0.303 e. The van der Waals surface area contributed by atoms with Crippen molar-refractivity contribution in [2.24, 2.45) is 5.92 Å². The zero-order valence-electron chi connectivity index (χ0n) is 10.4. The summed E-state index contributed by atoms with van der Waals surface area (Å²) >= 11 is 0. The molecular weight excluding hydrogens is 234 g/mol. The van der Waals surface area contributed by atoms with E-state index >= 15 is 0 Å². The fraction of sp³-hybridized carbons (Fsp3) is 0.583. The normalized spacial score (nSPS) is 18.9. The Morgan fingerprint density at radius 2 is 2.50 bits per heavy atom. The zero-order chi connectivity index (χ0) is 13.0. The fourth-order valence-electron chi connectivity index (χ4n) is 2.14. The fourth-order valence-corrected chi connectivity index (χ4v) is 2.14. The Labute approximate surface area is 106 Å². The summed E-state index contributed by atoms with van der Waals surface area (Å²) in [4.78, 5) is 21.2. The van der Waals surface area contributed by atoms with Crippen LogP contribution in [-0.4, -0.2) is 40.7 Å². The summed E-state index contributed by atoms with van der Waals surface area (Å²) in [6.45, 7) is 3.97. The second kappa shape index (κ2) is 5.66. The van der Waals surface area contributed by atoms with E-state index in [9.17, 15) is 4.79 Å². The minimum atomic E-state index is -0.745. The first-order valence-electron chi connectivity index (χ1n) is 6.11. The Hall–Kier alpha value is -1.85. The highest BCUT2D eigenvalue weighted by atomic mass is 16.5. The largest absolute Gasteiger partial charge is 0.481 e. The van der Waals surface area contributed by atoms with Crippen LogP contribution in [-0.2, 0) is 4.79 Å². The lowest BCUT2D eigenvalue weighted by Crippen LogP contribution is -2.22. The van der Waals surface area contributed by atoms with Gasteiger partial charge < -0.3 is 14.7 Å². The van der Waals surface area contributed by atoms with Gasteiger partial charge in [0.05, 0.1) is 6.61 Å². The molecule has 6 nitrogen and oxygen atoms in total. The topological polar surface area (TPSA) is 75.5 Å². The molecule has 1 unspecified atom stereocenters. The van der Waals surface area contributed by atoms with Crippen molar-refractivity contribution in [3.63, 3.8) is 0 Å². The third kappa shape index (κ3) is 3.09. The van der Waals surface area contributed by atoms with Crippen LogP contribution in [0, 0.1) is 5.92 Å². The van der Waals surface area contributed by atoms with Crippen molar-refractivity contribution in [2.75, 3.05) is 24.6 Å². The van der Waals surface area contributed by atoms with Gasteiger partial charge in [-0.25, -0.2) is 4.98 Å². The Kier molecular flexibility index (Phi) is 3.96. The molecule has 1 atom stereocenters. The number of aromatic nitrogens is 2. The van der Waals surface area contributed by atoms with Crippen LogP contribution in [0.5, 0.6) is 5.88 Å². The van der Waals surface area contributed by atoms with E-state index in [4.69, 9.17) is 9.84 Å². The molecule has 1 aliphatic rings. The summed E-state index contributed by atoms with van der Waals surface area (Å²) in [6.07, 6.45) is 2.74. The number of carboxylic acids is 1. The molecule has 1 fully saturated rings. The SMILES string of the molecule is CCOc1ccnc(N2CCC(CC(=O)O)C2)n1. The quantitative estimate of drug-likeness (QED) is 0.846. The summed E-state index contributed by atoms with van der Waals surface area (Å²) in [5.41, 5.74) is 0. The summed E-state index contributed by atoms with van der Waals surface area (Å²) in [6, 6.07) is 1.72. The van der Waals surface area contributed by atoms with E-state index in [-0.39, 0.29) is 12.3 Å². The highest BCUT2D eigenvalue weighted by Gasteiger charge is 2.26. The Morgan fingerprint density at radius 1 is 1.67 bits per heavy atom. The Bertz CT molecular complexity index is 425. The van der Waals surface area contributed by atoms with E-state index in [0.29, 0.717) is 25.0 Å². The molecule has 0 spiro atoms. The predicted octanol–water partition coefficient (Wildman–Crippen LogP) is 1.18. The molecule has 2 rings (SSSR count). The number of nitrogens with zero attached hydrogens (tertiary/aromatic N) is 3. The molecule has 0 aliphatic carbocycles. The molecule has 0 amide bonds. The van der Waals surface area contributed by atoms with E-state index < -0.39 is 5.97 Å². The first-order valence-corrected chi connectivity index (χ1v) is 6.11. The number of anilines is 1. The second-order valence-electron chi connectivity index (χ2n) is 4.33. The zero-order valence-corrected chi connectivity index (χ0v) is 10.4. The van der Waals surface area contributed by atoms with Gasteiger partial charge in [-0.2, -0.15) is 4.98 Å². The number of hydrogen-bond acceptors (Lipinski definition) is 5. The van der Waals surface area contributed by atoms with Gasteiger partial charge in [0.1, 0.15) is 0 Å². The van der Waals surface area contributed by atoms with Crippen LogP contribution in [0.15, 0.2) is 12.3 Å². The van der Waals surface area contributed by atoms with Crippen molar-refractivity contribution < 1.29 is 14.6 Å². The number of hydrogen-bond donors (Lipinski definition) is 1. The molecule has 1 aromatic heterocycles. The minimum Gasteiger partial charge on any atom is -0.481 e. The van der Waals surface area contributed by atoms with Crippen LogP contribution in [0.3, 0.4) is 0 Å². The van der Waals surface area contributed by atoms with Crippen LogP contribution in [0.2, 0.25) is 0 Å². The predicted molar refractivity (Wildman–Crippen MR) is 65.8 cm³/mol. The van der Waals surface area contributed by atoms with E-state index in [1.54, 1.807) is 12.3 Å². The summed E-state index contributed by atoms with van der Waals surface area (Å²) in [5, 5.41) is 8.78. The molecule has 6 heteroatoms. The number of ether oxygens (including phenoxy) is 1. The van der Waals surface area contributed by atoms with E-state index in [0.717, 1.165) is 13.0 Å². The van der Waals surface area contributed by atoms with E-state index in [1.807, 2.05) is 11.8 Å². The molecule has 98 valence electrons. The monoisotopic (exact) mass is 251 g/mol. The number of carboxylic acid groups (broad SMARTS) is 1. The van der Waals surface area contributed by atoms with Gasteiger partial charge in [0.25, 0.3) is 0 Å². The molecule has 2 heterocycles. The molecular formula is C12H17N3O3. The van der Waals surface area contributed by atoms with Crippen molar-refractivity contribution in [3.05, 3.63) is 12.3 Å².